The lowest BCUT2D eigenvalue weighted by Crippen LogP contribution is -2.13. The highest BCUT2D eigenvalue weighted by atomic mass is 16.5. The van der Waals surface area contributed by atoms with Crippen LogP contribution in [0.4, 0.5) is 0 Å². The molecule has 1 aromatic carbocycles. The van der Waals surface area contributed by atoms with Crippen molar-refractivity contribution in [3.63, 3.8) is 0 Å². The first kappa shape index (κ1) is 22.5. The molecule has 2 rings (SSSR count). The Morgan fingerprint density at radius 2 is 1.71 bits per heavy atom. The van der Waals surface area contributed by atoms with Gasteiger partial charge in [-0.05, 0) is 68.2 Å². The minimum atomic E-state index is -0.259. The number of rotatable bonds is 12. The second kappa shape index (κ2) is 13.4. The molecule has 1 aromatic rings. The van der Waals surface area contributed by atoms with Gasteiger partial charge in [0.15, 0.2) is 0 Å². The maximum atomic E-state index is 11.9. The van der Waals surface area contributed by atoms with Crippen LogP contribution in [0.5, 0.6) is 5.75 Å². The summed E-state index contributed by atoms with van der Waals surface area (Å²) < 4.78 is 11.0. The predicted octanol–water partition coefficient (Wildman–Crippen LogP) is 6.97. The molecule has 0 amide bonds. The second-order valence-corrected chi connectivity index (χ2v) is 8.03. The standard InChI is InChI=1S/C25H38O3/c1-3-5-7-9-21-11-13-22(14-12-21)10-8-20-27-24-17-15-23(16-18-24)25(26)28-19-6-4-2/h8,10,15-18,21-22H,3-7,9,11-14,19-20H2,1-2H3/t21-,22-. The quantitative estimate of drug-likeness (QED) is 0.221. The molecule has 3 heteroatoms. The van der Waals surface area contributed by atoms with Gasteiger partial charge >= 0.3 is 5.97 Å². The Morgan fingerprint density at radius 3 is 2.39 bits per heavy atom. The van der Waals surface area contributed by atoms with Gasteiger partial charge in [0.25, 0.3) is 0 Å². The third kappa shape index (κ3) is 8.50. The molecule has 0 saturated heterocycles. The monoisotopic (exact) mass is 386 g/mol. The topological polar surface area (TPSA) is 35.5 Å². The molecule has 3 nitrogen and oxygen atoms in total. The highest BCUT2D eigenvalue weighted by molar-refractivity contribution is 5.89. The number of ether oxygens (including phenoxy) is 2. The van der Waals surface area contributed by atoms with Crippen LogP contribution in [0.1, 0.15) is 88.4 Å². The summed E-state index contributed by atoms with van der Waals surface area (Å²) in [5.74, 6) is 2.20. The largest absolute Gasteiger partial charge is 0.490 e. The molecule has 0 aromatic heterocycles. The molecular formula is C25H38O3. The summed E-state index contributed by atoms with van der Waals surface area (Å²) in [6, 6.07) is 7.22. The minimum Gasteiger partial charge on any atom is -0.490 e. The zero-order valence-electron chi connectivity index (χ0n) is 17.8. The number of allylic oxidation sites excluding steroid dienone is 1. The number of unbranched alkanes of at least 4 members (excludes halogenated alkanes) is 3. The lowest BCUT2D eigenvalue weighted by atomic mass is 9.79. The molecule has 0 aliphatic heterocycles. The summed E-state index contributed by atoms with van der Waals surface area (Å²) in [5.41, 5.74) is 0.578. The average molecular weight is 387 g/mol. The van der Waals surface area contributed by atoms with Crippen molar-refractivity contribution in [1.82, 2.24) is 0 Å². The van der Waals surface area contributed by atoms with Crippen LogP contribution in [0.25, 0.3) is 0 Å². The van der Waals surface area contributed by atoms with E-state index in [0.717, 1.165) is 24.5 Å². The van der Waals surface area contributed by atoms with E-state index in [9.17, 15) is 4.79 Å². The Kier molecular flexibility index (Phi) is 10.8. The highest BCUT2D eigenvalue weighted by Gasteiger charge is 2.18. The Morgan fingerprint density at radius 1 is 1.00 bits per heavy atom. The molecule has 156 valence electrons. The van der Waals surface area contributed by atoms with Crippen LogP contribution in [0.3, 0.4) is 0 Å². The molecular weight excluding hydrogens is 348 g/mol. The molecule has 0 unspecified atom stereocenters. The van der Waals surface area contributed by atoms with E-state index in [0.29, 0.717) is 24.7 Å². The molecule has 1 aliphatic rings. The molecule has 28 heavy (non-hydrogen) atoms. The maximum Gasteiger partial charge on any atom is 0.338 e. The summed E-state index contributed by atoms with van der Waals surface area (Å²) in [6.07, 6.45) is 17.4. The fourth-order valence-corrected chi connectivity index (χ4v) is 3.82. The van der Waals surface area contributed by atoms with E-state index >= 15 is 0 Å². The molecule has 1 saturated carbocycles. The maximum absolute atomic E-state index is 11.9. The van der Waals surface area contributed by atoms with Gasteiger partial charge in [0.1, 0.15) is 12.4 Å². The first-order valence-corrected chi connectivity index (χ1v) is 11.3. The lowest BCUT2D eigenvalue weighted by Gasteiger charge is -2.26. The minimum absolute atomic E-state index is 0.259. The van der Waals surface area contributed by atoms with Gasteiger partial charge in [-0.2, -0.15) is 0 Å². The number of carbonyl (C=O) groups excluding carboxylic acids is 1. The molecule has 0 atom stereocenters. The Balaban J connectivity index is 1.63. The molecule has 0 N–H and O–H groups in total. The highest BCUT2D eigenvalue weighted by Crippen LogP contribution is 2.32. The first-order valence-electron chi connectivity index (χ1n) is 11.3. The Bertz CT molecular complexity index is 568. The Hall–Kier alpha value is -1.77. The average Bonchev–Trinajstić information content (AvgIpc) is 2.73. The van der Waals surface area contributed by atoms with Crippen LogP contribution in [0.2, 0.25) is 0 Å². The van der Waals surface area contributed by atoms with Gasteiger partial charge in [0.2, 0.25) is 0 Å². The molecule has 0 heterocycles. The zero-order valence-corrected chi connectivity index (χ0v) is 17.8. The van der Waals surface area contributed by atoms with E-state index in [2.05, 4.69) is 26.0 Å². The van der Waals surface area contributed by atoms with Gasteiger partial charge in [0.05, 0.1) is 12.2 Å². The zero-order chi connectivity index (χ0) is 20.0. The number of hydrogen-bond acceptors (Lipinski definition) is 3. The summed E-state index contributed by atoms with van der Waals surface area (Å²) in [5, 5.41) is 0. The van der Waals surface area contributed by atoms with Crippen LogP contribution >= 0.6 is 0 Å². The smallest absolute Gasteiger partial charge is 0.338 e. The van der Waals surface area contributed by atoms with Crippen molar-refractivity contribution in [2.45, 2.75) is 78.1 Å². The van der Waals surface area contributed by atoms with Gasteiger partial charge < -0.3 is 9.47 Å². The molecule has 1 aliphatic carbocycles. The van der Waals surface area contributed by atoms with E-state index in [-0.39, 0.29) is 5.97 Å². The third-order valence-electron chi connectivity index (χ3n) is 5.68. The summed E-state index contributed by atoms with van der Waals surface area (Å²) in [4.78, 5) is 11.9. The number of hydrogen-bond donors (Lipinski definition) is 0. The summed E-state index contributed by atoms with van der Waals surface area (Å²) in [6.45, 7) is 5.42. The van der Waals surface area contributed by atoms with Gasteiger partial charge in [-0.3, -0.25) is 0 Å². The van der Waals surface area contributed by atoms with E-state index in [1.807, 2.05) is 12.1 Å². The van der Waals surface area contributed by atoms with Crippen molar-refractivity contribution < 1.29 is 14.3 Å². The number of carbonyl (C=O) groups is 1. The number of esters is 1. The van der Waals surface area contributed by atoms with Crippen molar-refractivity contribution in [3.05, 3.63) is 42.0 Å². The van der Waals surface area contributed by atoms with Crippen LogP contribution < -0.4 is 4.74 Å². The van der Waals surface area contributed by atoms with Crippen molar-refractivity contribution in [3.8, 4) is 5.75 Å². The normalized spacial score (nSPS) is 19.6. The van der Waals surface area contributed by atoms with Crippen molar-refractivity contribution >= 4 is 5.97 Å². The van der Waals surface area contributed by atoms with E-state index in [4.69, 9.17) is 9.47 Å². The van der Waals surface area contributed by atoms with Gasteiger partial charge in [-0.1, -0.05) is 58.1 Å². The molecule has 0 bridgehead atoms. The second-order valence-electron chi connectivity index (χ2n) is 8.03. The van der Waals surface area contributed by atoms with Gasteiger partial charge in [-0.15, -0.1) is 0 Å². The van der Waals surface area contributed by atoms with Crippen LogP contribution in [0.15, 0.2) is 36.4 Å². The number of benzene rings is 1. The molecule has 0 radical (unpaired) electrons. The van der Waals surface area contributed by atoms with E-state index in [1.54, 1.807) is 12.1 Å². The Labute approximate surface area is 171 Å². The fourth-order valence-electron chi connectivity index (χ4n) is 3.82. The predicted molar refractivity (Wildman–Crippen MR) is 116 cm³/mol. The molecule has 0 spiro atoms. The lowest BCUT2D eigenvalue weighted by molar-refractivity contribution is 0.0499. The van der Waals surface area contributed by atoms with E-state index in [1.165, 1.54) is 51.4 Å². The van der Waals surface area contributed by atoms with Crippen LogP contribution in [-0.2, 0) is 4.74 Å². The summed E-state index contributed by atoms with van der Waals surface area (Å²) in [7, 11) is 0. The van der Waals surface area contributed by atoms with Crippen LogP contribution in [0, 0.1) is 11.8 Å². The molecule has 1 fully saturated rings. The fraction of sp³-hybridized carbons (Fsp3) is 0.640. The van der Waals surface area contributed by atoms with E-state index < -0.39 is 0 Å². The van der Waals surface area contributed by atoms with Gasteiger partial charge in [-0.25, -0.2) is 4.79 Å². The van der Waals surface area contributed by atoms with Crippen molar-refractivity contribution in [2.24, 2.45) is 11.8 Å². The third-order valence-corrected chi connectivity index (χ3v) is 5.68. The van der Waals surface area contributed by atoms with Crippen LogP contribution in [-0.4, -0.2) is 19.2 Å². The SMILES string of the molecule is CCCCC[C@H]1CC[C@H](C=CCOc2ccc(C(=O)OCCCC)cc2)CC1. The summed E-state index contributed by atoms with van der Waals surface area (Å²) >= 11 is 0. The van der Waals surface area contributed by atoms with Crippen molar-refractivity contribution in [1.29, 1.82) is 0 Å². The first-order chi connectivity index (χ1) is 13.7. The van der Waals surface area contributed by atoms with Crippen molar-refractivity contribution in [2.75, 3.05) is 13.2 Å². The van der Waals surface area contributed by atoms with Gasteiger partial charge in [0, 0.05) is 0 Å².